The molecule has 0 unspecified atom stereocenters. The van der Waals surface area contributed by atoms with Crippen molar-refractivity contribution in [2.45, 2.75) is 45.2 Å². The third-order valence-electron chi connectivity index (χ3n) is 6.32. The van der Waals surface area contributed by atoms with Crippen LogP contribution in [0.15, 0.2) is 42.5 Å². The minimum atomic E-state index is -0.126. The van der Waals surface area contributed by atoms with E-state index in [1.807, 2.05) is 50.2 Å². The highest BCUT2D eigenvalue weighted by Gasteiger charge is 2.22. The Morgan fingerprint density at radius 3 is 2.55 bits per heavy atom. The van der Waals surface area contributed by atoms with Gasteiger partial charge in [0.15, 0.2) is 0 Å². The van der Waals surface area contributed by atoms with Crippen LogP contribution in [0.3, 0.4) is 0 Å². The maximum atomic E-state index is 13.7. The lowest BCUT2D eigenvalue weighted by Gasteiger charge is -2.29. The first-order valence-electron chi connectivity index (χ1n) is 11.2. The highest BCUT2D eigenvalue weighted by atomic mass is 19.1. The van der Waals surface area contributed by atoms with E-state index in [2.05, 4.69) is 16.7 Å². The zero-order valence-electron chi connectivity index (χ0n) is 18.7. The van der Waals surface area contributed by atoms with Gasteiger partial charge in [0.1, 0.15) is 11.6 Å². The Morgan fingerprint density at radius 2 is 1.77 bits per heavy atom. The zero-order valence-corrected chi connectivity index (χ0v) is 18.7. The second kappa shape index (κ2) is 9.60. The van der Waals surface area contributed by atoms with Gasteiger partial charge in [-0.3, -0.25) is 0 Å². The van der Waals surface area contributed by atoms with Gasteiger partial charge in [-0.2, -0.15) is 4.98 Å². The van der Waals surface area contributed by atoms with Crippen LogP contribution in [0.4, 0.5) is 16.2 Å². The molecule has 1 saturated carbocycles. The Kier molecular flexibility index (Phi) is 6.66. The predicted molar refractivity (Wildman–Crippen MR) is 126 cm³/mol. The molecule has 0 amide bonds. The highest BCUT2D eigenvalue weighted by Crippen LogP contribution is 2.28. The smallest absolute Gasteiger partial charge is 0.225 e. The van der Waals surface area contributed by atoms with Gasteiger partial charge in [0, 0.05) is 32.1 Å². The number of halogens is 1. The van der Waals surface area contributed by atoms with E-state index in [0.29, 0.717) is 17.9 Å². The average Bonchev–Trinajstić information content (AvgIpc) is 2.77. The fraction of sp³-hybridized carbons (Fsp3) is 0.440. The van der Waals surface area contributed by atoms with Crippen LogP contribution in [0.5, 0.6) is 0 Å². The maximum Gasteiger partial charge on any atom is 0.225 e. The SMILES string of the molecule is Cc1c(F)cccc1CNCC1CCC(Nc2nc(N(C)C)c3ccccc3n2)CC1. The van der Waals surface area contributed by atoms with E-state index in [0.717, 1.165) is 53.8 Å². The molecule has 0 aliphatic heterocycles. The molecule has 0 atom stereocenters. The molecular formula is C25H32FN5. The lowest BCUT2D eigenvalue weighted by atomic mass is 9.86. The first-order valence-corrected chi connectivity index (χ1v) is 11.2. The van der Waals surface area contributed by atoms with E-state index in [-0.39, 0.29) is 5.82 Å². The van der Waals surface area contributed by atoms with Crippen LogP contribution in [0.2, 0.25) is 0 Å². The molecule has 164 valence electrons. The van der Waals surface area contributed by atoms with Crippen LogP contribution >= 0.6 is 0 Å². The number of nitrogens with zero attached hydrogens (tertiary/aromatic N) is 3. The molecule has 0 bridgehead atoms. The summed E-state index contributed by atoms with van der Waals surface area (Å²) in [4.78, 5) is 11.6. The van der Waals surface area contributed by atoms with Gasteiger partial charge in [0.25, 0.3) is 0 Å². The van der Waals surface area contributed by atoms with Crippen molar-refractivity contribution in [2.24, 2.45) is 5.92 Å². The topological polar surface area (TPSA) is 53.1 Å². The fourth-order valence-corrected chi connectivity index (χ4v) is 4.41. The summed E-state index contributed by atoms with van der Waals surface area (Å²) in [7, 11) is 4.03. The summed E-state index contributed by atoms with van der Waals surface area (Å²) in [6.45, 7) is 3.54. The molecule has 1 aliphatic rings. The normalized spacial score (nSPS) is 18.8. The summed E-state index contributed by atoms with van der Waals surface area (Å²) >= 11 is 0. The molecule has 1 fully saturated rings. The van der Waals surface area contributed by atoms with Crippen molar-refractivity contribution in [2.75, 3.05) is 30.9 Å². The third kappa shape index (κ3) is 5.13. The number of fused-ring (bicyclic) bond motifs is 1. The molecule has 5 nitrogen and oxygen atoms in total. The number of hydrogen-bond donors (Lipinski definition) is 2. The molecule has 4 rings (SSSR count). The van der Waals surface area contributed by atoms with Crippen LogP contribution in [-0.2, 0) is 6.54 Å². The first-order chi connectivity index (χ1) is 15.0. The van der Waals surface area contributed by atoms with Crippen molar-refractivity contribution < 1.29 is 4.39 Å². The average molecular weight is 422 g/mol. The van der Waals surface area contributed by atoms with Crippen LogP contribution in [0.1, 0.15) is 36.8 Å². The van der Waals surface area contributed by atoms with E-state index in [1.54, 1.807) is 6.07 Å². The Balaban J connectivity index is 1.30. The first kappa shape index (κ1) is 21.5. The van der Waals surface area contributed by atoms with Gasteiger partial charge in [-0.05, 0) is 74.4 Å². The van der Waals surface area contributed by atoms with E-state index in [1.165, 1.54) is 18.9 Å². The monoisotopic (exact) mass is 421 g/mol. The second-order valence-corrected chi connectivity index (χ2v) is 8.80. The molecule has 1 aromatic heterocycles. The third-order valence-corrected chi connectivity index (χ3v) is 6.32. The van der Waals surface area contributed by atoms with Gasteiger partial charge >= 0.3 is 0 Å². The van der Waals surface area contributed by atoms with E-state index in [9.17, 15) is 4.39 Å². The predicted octanol–water partition coefficient (Wildman–Crippen LogP) is 4.90. The van der Waals surface area contributed by atoms with Crippen molar-refractivity contribution in [3.63, 3.8) is 0 Å². The van der Waals surface area contributed by atoms with Gasteiger partial charge in [0.05, 0.1) is 5.52 Å². The molecule has 2 aromatic carbocycles. The van der Waals surface area contributed by atoms with Gasteiger partial charge in [-0.1, -0.05) is 24.3 Å². The summed E-state index contributed by atoms with van der Waals surface area (Å²) < 4.78 is 13.7. The van der Waals surface area contributed by atoms with Gasteiger partial charge in [-0.25, -0.2) is 9.37 Å². The number of aromatic nitrogens is 2. The molecule has 3 aromatic rings. The summed E-state index contributed by atoms with van der Waals surface area (Å²) in [5.41, 5.74) is 2.75. The number of para-hydroxylation sites is 1. The van der Waals surface area contributed by atoms with Crippen molar-refractivity contribution in [3.8, 4) is 0 Å². The summed E-state index contributed by atoms with van der Waals surface area (Å²) in [6, 6.07) is 13.9. The van der Waals surface area contributed by atoms with Crippen LogP contribution in [-0.4, -0.2) is 36.6 Å². The van der Waals surface area contributed by atoms with Gasteiger partial charge in [0.2, 0.25) is 5.95 Å². The summed E-state index contributed by atoms with van der Waals surface area (Å²) in [5.74, 6) is 2.19. The minimum absolute atomic E-state index is 0.126. The standard InChI is InChI=1S/C25H32FN5/c1-17-19(7-6-9-22(17)26)16-27-15-18-11-13-20(14-12-18)28-25-29-23-10-5-4-8-21(23)24(30-25)31(2)3/h4-10,18,20,27H,11-16H2,1-3H3,(H,28,29,30). The van der Waals surface area contributed by atoms with Gasteiger partial charge < -0.3 is 15.5 Å². The largest absolute Gasteiger partial charge is 0.362 e. The Labute approximate surface area is 184 Å². The Bertz CT molecular complexity index is 1030. The van der Waals surface area contributed by atoms with E-state index in [4.69, 9.17) is 9.97 Å². The molecule has 2 N–H and O–H groups in total. The molecule has 1 heterocycles. The Morgan fingerprint density at radius 1 is 1.00 bits per heavy atom. The summed E-state index contributed by atoms with van der Waals surface area (Å²) in [5, 5.41) is 8.17. The van der Waals surface area contributed by atoms with Crippen molar-refractivity contribution >= 4 is 22.7 Å². The van der Waals surface area contributed by atoms with Gasteiger partial charge in [-0.15, -0.1) is 0 Å². The molecule has 6 heteroatoms. The highest BCUT2D eigenvalue weighted by molar-refractivity contribution is 5.90. The number of nitrogens with one attached hydrogen (secondary N) is 2. The number of anilines is 2. The zero-order chi connectivity index (χ0) is 21.8. The minimum Gasteiger partial charge on any atom is -0.362 e. The Hall–Kier alpha value is -2.73. The molecule has 0 radical (unpaired) electrons. The van der Waals surface area contributed by atoms with Crippen molar-refractivity contribution in [3.05, 3.63) is 59.4 Å². The molecular weight excluding hydrogens is 389 g/mol. The fourth-order valence-electron chi connectivity index (χ4n) is 4.41. The summed E-state index contributed by atoms with van der Waals surface area (Å²) in [6.07, 6.45) is 4.56. The lowest BCUT2D eigenvalue weighted by molar-refractivity contribution is 0.323. The van der Waals surface area contributed by atoms with Crippen LogP contribution in [0, 0.1) is 18.7 Å². The molecule has 1 aliphatic carbocycles. The molecule has 0 spiro atoms. The van der Waals surface area contributed by atoms with Crippen LogP contribution in [0.25, 0.3) is 10.9 Å². The quantitative estimate of drug-likeness (QED) is 0.568. The van der Waals surface area contributed by atoms with E-state index >= 15 is 0 Å². The maximum absolute atomic E-state index is 13.7. The van der Waals surface area contributed by atoms with Crippen molar-refractivity contribution in [1.82, 2.24) is 15.3 Å². The van der Waals surface area contributed by atoms with E-state index < -0.39 is 0 Å². The molecule has 31 heavy (non-hydrogen) atoms. The molecule has 0 saturated heterocycles. The number of hydrogen-bond acceptors (Lipinski definition) is 5. The lowest BCUT2D eigenvalue weighted by Crippen LogP contribution is -2.31. The second-order valence-electron chi connectivity index (χ2n) is 8.80. The van der Waals surface area contributed by atoms with Crippen LogP contribution < -0.4 is 15.5 Å². The number of benzene rings is 2. The van der Waals surface area contributed by atoms with Crippen molar-refractivity contribution in [1.29, 1.82) is 0 Å². The number of rotatable bonds is 7.